The van der Waals surface area contributed by atoms with Gasteiger partial charge in [0.25, 0.3) is 0 Å². The topological polar surface area (TPSA) is 32.3 Å². The first kappa shape index (κ1) is 11.0. The molecule has 1 fully saturated rings. The summed E-state index contributed by atoms with van der Waals surface area (Å²) in [5, 5.41) is 12.7. The minimum Gasteiger partial charge on any atom is -0.395 e. The van der Waals surface area contributed by atoms with E-state index in [1.165, 1.54) is 25.7 Å². The van der Waals surface area contributed by atoms with Gasteiger partial charge in [-0.3, -0.25) is 0 Å². The summed E-state index contributed by atoms with van der Waals surface area (Å²) in [6, 6.07) is 0.329. The van der Waals surface area contributed by atoms with E-state index < -0.39 is 0 Å². The van der Waals surface area contributed by atoms with Crippen molar-refractivity contribution in [3.05, 3.63) is 0 Å². The van der Waals surface area contributed by atoms with Gasteiger partial charge in [-0.15, -0.1) is 0 Å². The fraction of sp³-hybridized carbons (Fsp3) is 1.00. The maximum absolute atomic E-state index is 9.23. The highest BCUT2D eigenvalue weighted by molar-refractivity contribution is 4.80. The van der Waals surface area contributed by atoms with Gasteiger partial charge in [-0.1, -0.05) is 26.7 Å². The van der Waals surface area contributed by atoms with E-state index in [4.69, 9.17) is 0 Å². The molecule has 2 heteroatoms. The summed E-state index contributed by atoms with van der Waals surface area (Å²) < 4.78 is 0. The van der Waals surface area contributed by atoms with Gasteiger partial charge in [0, 0.05) is 6.04 Å². The Morgan fingerprint density at radius 2 is 1.92 bits per heavy atom. The molecule has 0 aromatic carbocycles. The van der Waals surface area contributed by atoms with Crippen LogP contribution in [0.1, 0.15) is 39.5 Å². The summed E-state index contributed by atoms with van der Waals surface area (Å²) in [6.45, 7) is 5.81. The Morgan fingerprint density at radius 1 is 1.31 bits per heavy atom. The van der Waals surface area contributed by atoms with Crippen LogP contribution in [0.3, 0.4) is 0 Å². The standard InChI is InChI=1S/C11H23NO/c1-3-10(4-2)11(8-13)12-7-9-5-6-9/h9-13H,3-8H2,1-2H3. The van der Waals surface area contributed by atoms with Crippen LogP contribution in [0.15, 0.2) is 0 Å². The van der Waals surface area contributed by atoms with Crippen molar-refractivity contribution >= 4 is 0 Å². The second kappa shape index (κ2) is 5.61. The first-order valence-corrected chi connectivity index (χ1v) is 5.66. The highest BCUT2D eigenvalue weighted by atomic mass is 16.3. The summed E-state index contributed by atoms with van der Waals surface area (Å²) in [6.07, 6.45) is 5.10. The predicted molar refractivity (Wildman–Crippen MR) is 55.7 cm³/mol. The van der Waals surface area contributed by atoms with Gasteiger partial charge in [-0.2, -0.15) is 0 Å². The van der Waals surface area contributed by atoms with Crippen molar-refractivity contribution in [1.29, 1.82) is 0 Å². The molecule has 0 aromatic heterocycles. The fourth-order valence-corrected chi connectivity index (χ4v) is 1.88. The van der Waals surface area contributed by atoms with E-state index >= 15 is 0 Å². The number of hydrogen-bond acceptors (Lipinski definition) is 2. The monoisotopic (exact) mass is 185 g/mol. The van der Waals surface area contributed by atoms with Gasteiger partial charge in [-0.05, 0) is 31.2 Å². The van der Waals surface area contributed by atoms with Gasteiger partial charge in [0.15, 0.2) is 0 Å². The van der Waals surface area contributed by atoms with E-state index in [2.05, 4.69) is 19.2 Å². The van der Waals surface area contributed by atoms with Crippen molar-refractivity contribution in [3.63, 3.8) is 0 Å². The molecule has 0 aromatic rings. The van der Waals surface area contributed by atoms with Gasteiger partial charge >= 0.3 is 0 Å². The largest absolute Gasteiger partial charge is 0.395 e. The van der Waals surface area contributed by atoms with E-state index in [1.807, 2.05) is 0 Å². The third-order valence-electron chi connectivity index (χ3n) is 3.18. The SMILES string of the molecule is CCC(CC)C(CO)NCC1CC1. The van der Waals surface area contributed by atoms with Crippen LogP contribution < -0.4 is 5.32 Å². The van der Waals surface area contributed by atoms with Crippen LogP contribution in [-0.2, 0) is 0 Å². The molecule has 1 rings (SSSR count). The molecule has 0 aliphatic heterocycles. The lowest BCUT2D eigenvalue weighted by Crippen LogP contribution is -2.40. The zero-order chi connectivity index (χ0) is 9.68. The highest BCUT2D eigenvalue weighted by Crippen LogP contribution is 2.28. The maximum Gasteiger partial charge on any atom is 0.0587 e. The smallest absolute Gasteiger partial charge is 0.0587 e. The number of aliphatic hydroxyl groups excluding tert-OH is 1. The van der Waals surface area contributed by atoms with E-state index in [1.54, 1.807) is 0 Å². The van der Waals surface area contributed by atoms with Gasteiger partial charge in [0.05, 0.1) is 6.61 Å². The Balaban J connectivity index is 2.21. The molecule has 1 aliphatic rings. The average Bonchev–Trinajstić information content (AvgIpc) is 2.96. The van der Waals surface area contributed by atoms with Gasteiger partial charge in [0.1, 0.15) is 0 Å². The molecule has 2 nitrogen and oxygen atoms in total. The van der Waals surface area contributed by atoms with Crippen LogP contribution in [0.25, 0.3) is 0 Å². The molecule has 1 atom stereocenters. The van der Waals surface area contributed by atoms with Crippen molar-refractivity contribution in [2.24, 2.45) is 11.8 Å². The van der Waals surface area contributed by atoms with Crippen LogP contribution >= 0.6 is 0 Å². The summed E-state index contributed by atoms with van der Waals surface area (Å²) >= 11 is 0. The molecule has 0 bridgehead atoms. The van der Waals surface area contributed by atoms with Crippen LogP contribution in [0, 0.1) is 11.8 Å². The average molecular weight is 185 g/mol. The molecule has 0 saturated heterocycles. The molecule has 0 amide bonds. The number of rotatable bonds is 7. The lowest BCUT2D eigenvalue weighted by atomic mass is 9.94. The molecule has 1 unspecified atom stereocenters. The summed E-state index contributed by atoms with van der Waals surface area (Å²) in [7, 11) is 0. The Kier molecular flexibility index (Phi) is 4.74. The minimum absolute atomic E-state index is 0.291. The summed E-state index contributed by atoms with van der Waals surface area (Å²) in [4.78, 5) is 0. The minimum atomic E-state index is 0.291. The van der Waals surface area contributed by atoms with Gasteiger partial charge in [-0.25, -0.2) is 0 Å². The molecule has 0 radical (unpaired) electrons. The maximum atomic E-state index is 9.23. The second-order valence-electron chi connectivity index (χ2n) is 4.22. The van der Waals surface area contributed by atoms with Crippen LogP contribution in [0.4, 0.5) is 0 Å². The first-order chi connectivity index (χ1) is 6.31. The normalized spacial score (nSPS) is 19.4. The molecule has 1 aliphatic carbocycles. The molecule has 78 valence electrons. The molecule has 1 saturated carbocycles. The van der Waals surface area contributed by atoms with E-state index in [0.717, 1.165) is 12.5 Å². The Bertz CT molecular complexity index is 130. The molecule has 13 heavy (non-hydrogen) atoms. The second-order valence-corrected chi connectivity index (χ2v) is 4.22. The summed E-state index contributed by atoms with van der Waals surface area (Å²) in [5.74, 6) is 1.55. The van der Waals surface area contributed by atoms with Gasteiger partial charge in [0.2, 0.25) is 0 Å². The molecule has 0 spiro atoms. The van der Waals surface area contributed by atoms with E-state index in [-0.39, 0.29) is 0 Å². The van der Waals surface area contributed by atoms with Crippen molar-refractivity contribution < 1.29 is 5.11 Å². The Hall–Kier alpha value is -0.0800. The third kappa shape index (κ3) is 3.65. The van der Waals surface area contributed by atoms with Crippen LogP contribution in [0.2, 0.25) is 0 Å². The quantitative estimate of drug-likeness (QED) is 0.633. The lowest BCUT2D eigenvalue weighted by molar-refractivity contribution is 0.191. The molecular weight excluding hydrogens is 162 g/mol. The number of nitrogens with one attached hydrogen (secondary N) is 1. The van der Waals surface area contributed by atoms with E-state index in [9.17, 15) is 5.11 Å². The first-order valence-electron chi connectivity index (χ1n) is 5.66. The van der Waals surface area contributed by atoms with Crippen molar-refractivity contribution in [2.45, 2.75) is 45.6 Å². The Labute approximate surface area is 81.7 Å². The van der Waals surface area contributed by atoms with Gasteiger partial charge < -0.3 is 10.4 Å². The summed E-state index contributed by atoms with van der Waals surface area (Å²) in [5.41, 5.74) is 0. The van der Waals surface area contributed by atoms with Crippen molar-refractivity contribution in [1.82, 2.24) is 5.32 Å². The van der Waals surface area contributed by atoms with Crippen molar-refractivity contribution in [3.8, 4) is 0 Å². The number of aliphatic hydroxyl groups is 1. The zero-order valence-electron chi connectivity index (χ0n) is 8.92. The fourth-order valence-electron chi connectivity index (χ4n) is 1.88. The number of hydrogen-bond donors (Lipinski definition) is 2. The highest BCUT2D eigenvalue weighted by Gasteiger charge is 2.24. The molecular formula is C11H23NO. The lowest BCUT2D eigenvalue weighted by Gasteiger charge is -2.24. The van der Waals surface area contributed by atoms with Crippen LogP contribution in [0.5, 0.6) is 0 Å². The predicted octanol–water partition coefficient (Wildman–Crippen LogP) is 1.78. The van der Waals surface area contributed by atoms with Crippen molar-refractivity contribution in [2.75, 3.05) is 13.2 Å². The zero-order valence-corrected chi connectivity index (χ0v) is 8.92. The van der Waals surface area contributed by atoms with Crippen LogP contribution in [-0.4, -0.2) is 24.3 Å². The molecule has 2 N–H and O–H groups in total. The third-order valence-corrected chi connectivity index (χ3v) is 3.18. The molecule has 0 heterocycles. The Morgan fingerprint density at radius 3 is 2.31 bits per heavy atom. The van der Waals surface area contributed by atoms with E-state index in [0.29, 0.717) is 18.6 Å².